The number of aliphatic hydroxyl groups excluding tert-OH is 1. The molecule has 0 amide bonds. The van der Waals surface area contributed by atoms with Crippen molar-refractivity contribution in [3.63, 3.8) is 0 Å². The second kappa shape index (κ2) is 13.1. The quantitative estimate of drug-likeness (QED) is 0.309. The minimum Gasteiger partial charge on any atom is -0.469 e. The molecule has 0 saturated heterocycles. The maximum absolute atomic E-state index is 9.59. The van der Waals surface area contributed by atoms with Crippen LogP contribution in [0.25, 0.3) is 0 Å². The van der Waals surface area contributed by atoms with Crippen LogP contribution in [-0.2, 0) is 6.42 Å². The molecule has 0 aliphatic heterocycles. The van der Waals surface area contributed by atoms with Crippen LogP contribution in [0.1, 0.15) is 57.6 Å². The molecule has 1 aromatic heterocycles. The van der Waals surface area contributed by atoms with Crippen molar-refractivity contribution in [1.82, 2.24) is 0 Å². The minimum absolute atomic E-state index is 0.366. The molecule has 0 aliphatic rings. The van der Waals surface area contributed by atoms with Crippen molar-refractivity contribution in [2.75, 3.05) is 0 Å². The summed E-state index contributed by atoms with van der Waals surface area (Å²) in [6.07, 6.45) is 22.5. The van der Waals surface area contributed by atoms with Crippen molar-refractivity contribution in [2.45, 2.75) is 64.4 Å². The molecule has 1 rings (SSSR count). The van der Waals surface area contributed by atoms with Crippen molar-refractivity contribution in [1.29, 1.82) is 0 Å². The van der Waals surface area contributed by atoms with Crippen LogP contribution in [0.5, 0.6) is 0 Å². The summed E-state index contributed by atoms with van der Waals surface area (Å²) in [5.41, 5.74) is 0. The monoisotopic (exact) mass is 302 g/mol. The van der Waals surface area contributed by atoms with E-state index >= 15 is 0 Å². The van der Waals surface area contributed by atoms with E-state index in [-0.39, 0.29) is 6.10 Å². The van der Waals surface area contributed by atoms with Crippen LogP contribution in [0, 0.1) is 0 Å². The highest BCUT2D eigenvalue weighted by Crippen LogP contribution is 2.10. The van der Waals surface area contributed by atoms with E-state index < -0.39 is 0 Å². The van der Waals surface area contributed by atoms with Crippen LogP contribution >= 0.6 is 0 Å². The Hall–Kier alpha value is -1.54. The van der Waals surface area contributed by atoms with Gasteiger partial charge in [0.1, 0.15) is 5.76 Å². The van der Waals surface area contributed by atoms with Crippen molar-refractivity contribution < 1.29 is 9.52 Å². The van der Waals surface area contributed by atoms with Crippen LogP contribution in [-0.4, -0.2) is 11.2 Å². The molecule has 0 aromatic carbocycles. The number of hydrogen-bond acceptors (Lipinski definition) is 2. The molecule has 22 heavy (non-hydrogen) atoms. The fourth-order valence-electron chi connectivity index (χ4n) is 2.27. The number of unbranched alkanes of at least 4 members (excludes halogenated alkanes) is 5. The lowest BCUT2D eigenvalue weighted by atomic mass is 10.1. The zero-order valence-corrected chi connectivity index (χ0v) is 13.8. The number of furan rings is 1. The van der Waals surface area contributed by atoms with Gasteiger partial charge in [-0.25, -0.2) is 0 Å². The van der Waals surface area contributed by atoms with Gasteiger partial charge in [-0.1, -0.05) is 55.7 Å². The van der Waals surface area contributed by atoms with E-state index in [1.54, 1.807) is 6.26 Å². The molecule has 0 fully saturated rings. The summed E-state index contributed by atoms with van der Waals surface area (Å²) in [5.74, 6) is 1.10. The Balaban J connectivity index is 1.90. The van der Waals surface area contributed by atoms with Gasteiger partial charge in [0.25, 0.3) is 0 Å². The topological polar surface area (TPSA) is 33.4 Å². The lowest BCUT2D eigenvalue weighted by Crippen LogP contribution is -1.98. The summed E-state index contributed by atoms with van der Waals surface area (Å²) in [6.45, 7) is 1.97. The molecular weight excluding hydrogens is 272 g/mol. The molecule has 0 saturated carbocycles. The van der Waals surface area contributed by atoms with Crippen LogP contribution in [0.15, 0.2) is 59.3 Å². The Labute approximate surface area is 135 Å². The maximum atomic E-state index is 9.59. The lowest BCUT2D eigenvalue weighted by Gasteiger charge is -1.99. The first kappa shape index (κ1) is 18.5. The Morgan fingerprint density at radius 2 is 1.91 bits per heavy atom. The van der Waals surface area contributed by atoms with E-state index in [1.165, 1.54) is 32.1 Å². The molecule has 1 unspecified atom stereocenters. The van der Waals surface area contributed by atoms with Gasteiger partial charge in [0.05, 0.1) is 12.4 Å². The molecule has 0 aliphatic carbocycles. The van der Waals surface area contributed by atoms with Crippen LogP contribution in [0.2, 0.25) is 0 Å². The molecule has 1 atom stereocenters. The first-order chi connectivity index (χ1) is 10.8. The second-order valence-corrected chi connectivity index (χ2v) is 5.57. The lowest BCUT2D eigenvalue weighted by molar-refractivity contribution is 0.227. The molecule has 1 aromatic rings. The molecule has 1 heterocycles. The first-order valence-electron chi connectivity index (χ1n) is 8.48. The molecule has 0 radical (unpaired) electrons. The average molecular weight is 302 g/mol. The molecule has 1 N–H and O–H groups in total. The largest absolute Gasteiger partial charge is 0.469 e. The molecule has 2 heteroatoms. The zero-order chi connectivity index (χ0) is 15.9. The van der Waals surface area contributed by atoms with Gasteiger partial charge in [0, 0.05) is 6.42 Å². The van der Waals surface area contributed by atoms with E-state index in [0.29, 0.717) is 6.42 Å². The predicted molar refractivity (Wildman–Crippen MR) is 93.8 cm³/mol. The van der Waals surface area contributed by atoms with Crippen molar-refractivity contribution in [2.24, 2.45) is 0 Å². The van der Waals surface area contributed by atoms with Crippen LogP contribution < -0.4 is 0 Å². The van der Waals surface area contributed by atoms with Crippen molar-refractivity contribution >= 4 is 0 Å². The fourth-order valence-corrected chi connectivity index (χ4v) is 2.27. The van der Waals surface area contributed by atoms with Gasteiger partial charge in [-0.2, -0.15) is 0 Å². The van der Waals surface area contributed by atoms with Gasteiger partial charge in [-0.05, 0) is 44.7 Å². The van der Waals surface area contributed by atoms with E-state index in [9.17, 15) is 5.11 Å². The molecule has 0 spiro atoms. The molecule has 0 bridgehead atoms. The SMILES string of the molecule is CC=CCC(O)C=CC=CCCCCCCCc1ccco1. The highest BCUT2D eigenvalue weighted by atomic mass is 16.3. The van der Waals surface area contributed by atoms with E-state index in [0.717, 1.165) is 18.6 Å². The normalized spacial score (nSPS) is 13.7. The summed E-state index contributed by atoms with van der Waals surface area (Å²) in [6, 6.07) is 4.00. The van der Waals surface area contributed by atoms with Gasteiger partial charge in [0.2, 0.25) is 0 Å². The highest BCUT2D eigenvalue weighted by molar-refractivity contribution is 5.05. The third-order valence-electron chi connectivity index (χ3n) is 3.57. The van der Waals surface area contributed by atoms with E-state index in [4.69, 9.17) is 4.42 Å². The average Bonchev–Trinajstić information content (AvgIpc) is 3.04. The second-order valence-electron chi connectivity index (χ2n) is 5.57. The molecular formula is C20H30O2. The Bertz CT molecular complexity index is 427. The predicted octanol–water partition coefficient (Wildman–Crippen LogP) is 5.60. The summed E-state index contributed by atoms with van der Waals surface area (Å²) < 4.78 is 5.32. The van der Waals surface area contributed by atoms with Gasteiger partial charge >= 0.3 is 0 Å². The highest BCUT2D eigenvalue weighted by Gasteiger charge is 1.95. The van der Waals surface area contributed by atoms with Crippen LogP contribution in [0.3, 0.4) is 0 Å². The smallest absolute Gasteiger partial charge is 0.103 e. The number of rotatable bonds is 12. The summed E-state index contributed by atoms with van der Waals surface area (Å²) in [7, 11) is 0. The van der Waals surface area contributed by atoms with Gasteiger partial charge in [-0.15, -0.1) is 0 Å². The zero-order valence-electron chi connectivity index (χ0n) is 13.8. The Morgan fingerprint density at radius 1 is 1.09 bits per heavy atom. The molecule has 122 valence electrons. The summed E-state index contributed by atoms with van der Waals surface area (Å²) in [4.78, 5) is 0. The van der Waals surface area contributed by atoms with Gasteiger partial charge < -0.3 is 9.52 Å². The van der Waals surface area contributed by atoms with E-state index in [2.05, 4.69) is 6.08 Å². The Kier molecular flexibility index (Phi) is 11.1. The standard InChI is InChI=1S/C20H30O2/c1-2-3-14-19(21)15-11-9-7-5-4-6-8-10-12-16-20-17-13-18-22-20/h2-3,7,9,11,13,15,17-19,21H,4-6,8,10,12,14,16H2,1H3. The first-order valence-corrected chi connectivity index (χ1v) is 8.48. The van der Waals surface area contributed by atoms with Gasteiger partial charge in [0.15, 0.2) is 0 Å². The third-order valence-corrected chi connectivity index (χ3v) is 3.57. The van der Waals surface area contributed by atoms with E-state index in [1.807, 2.05) is 49.4 Å². The maximum Gasteiger partial charge on any atom is 0.103 e. The number of aliphatic hydroxyl groups is 1. The Morgan fingerprint density at radius 3 is 2.68 bits per heavy atom. The number of allylic oxidation sites excluding steroid dienone is 4. The summed E-state index contributed by atoms with van der Waals surface area (Å²) >= 11 is 0. The number of hydrogen-bond donors (Lipinski definition) is 1. The molecule has 2 nitrogen and oxygen atoms in total. The van der Waals surface area contributed by atoms with Crippen LogP contribution in [0.4, 0.5) is 0 Å². The van der Waals surface area contributed by atoms with Gasteiger partial charge in [-0.3, -0.25) is 0 Å². The number of aryl methyl sites for hydroxylation is 1. The van der Waals surface area contributed by atoms with Crippen molar-refractivity contribution in [3.05, 3.63) is 60.6 Å². The summed E-state index contributed by atoms with van der Waals surface area (Å²) in [5, 5.41) is 9.59. The third kappa shape index (κ3) is 10.2. The fraction of sp³-hybridized carbons (Fsp3) is 0.500. The minimum atomic E-state index is -0.366. The van der Waals surface area contributed by atoms with Crippen molar-refractivity contribution in [3.8, 4) is 0 Å².